The molecule has 0 saturated carbocycles. The lowest BCUT2D eigenvalue weighted by Gasteiger charge is -2.17. The lowest BCUT2D eigenvalue weighted by Crippen LogP contribution is -2.21. The maximum atomic E-state index is 12.3. The Morgan fingerprint density at radius 1 is 1.67 bits per heavy atom. The minimum Gasteiger partial charge on any atom is -0.285 e. The Balaban J connectivity index is 2.26. The fourth-order valence-electron chi connectivity index (χ4n) is 2.55. The van der Waals surface area contributed by atoms with Gasteiger partial charge >= 0.3 is 0 Å². The van der Waals surface area contributed by atoms with Gasteiger partial charge in [0.1, 0.15) is 17.7 Å². The van der Waals surface area contributed by atoms with E-state index in [1.807, 2.05) is 6.07 Å². The van der Waals surface area contributed by atoms with Gasteiger partial charge < -0.3 is 0 Å². The number of aryl methyl sites for hydroxylation is 1. The number of fused-ring (bicyclic) bond motifs is 3. The molecule has 5 heteroatoms. The smallest absolute Gasteiger partial charge is 0.263 e. The van der Waals surface area contributed by atoms with Gasteiger partial charge in [-0.3, -0.25) is 9.36 Å². The van der Waals surface area contributed by atoms with Crippen LogP contribution in [0.4, 0.5) is 0 Å². The number of hydrogen-bond acceptors (Lipinski definition) is 4. The fourth-order valence-corrected chi connectivity index (χ4v) is 3.90. The van der Waals surface area contributed by atoms with E-state index >= 15 is 0 Å². The molecule has 0 radical (unpaired) electrons. The topological polar surface area (TPSA) is 58.7 Å². The molecule has 3 rings (SSSR count). The summed E-state index contributed by atoms with van der Waals surface area (Å²) in [6.07, 6.45) is 4.63. The van der Waals surface area contributed by atoms with Gasteiger partial charge in [0.2, 0.25) is 0 Å². The Morgan fingerprint density at radius 2 is 2.50 bits per heavy atom. The molecule has 4 nitrogen and oxygen atoms in total. The summed E-state index contributed by atoms with van der Waals surface area (Å²) < 4.78 is 1.40. The molecule has 0 amide bonds. The highest BCUT2D eigenvalue weighted by atomic mass is 32.1. The molecule has 0 spiro atoms. The van der Waals surface area contributed by atoms with Gasteiger partial charge in [0.15, 0.2) is 0 Å². The van der Waals surface area contributed by atoms with Crippen LogP contribution in [0.5, 0.6) is 0 Å². The van der Waals surface area contributed by atoms with Crippen LogP contribution in [0.15, 0.2) is 11.1 Å². The predicted octanol–water partition coefficient (Wildman–Crippen LogP) is 2.11. The van der Waals surface area contributed by atoms with Crippen LogP contribution in [-0.2, 0) is 19.4 Å². The average molecular weight is 259 g/mol. The molecule has 0 unspecified atom stereocenters. The van der Waals surface area contributed by atoms with Crippen molar-refractivity contribution in [1.29, 1.82) is 5.26 Å². The quantitative estimate of drug-likeness (QED) is 0.788. The Labute approximate surface area is 109 Å². The summed E-state index contributed by atoms with van der Waals surface area (Å²) in [6.45, 7) is 2.32. The lowest BCUT2D eigenvalue weighted by atomic mass is 9.89. The minimum atomic E-state index is -0.0615. The molecule has 2 heterocycles. The van der Waals surface area contributed by atoms with E-state index < -0.39 is 0 Å². The van der Waals surface area contributed by atoms with Crippen LogP contribution < -0.4 is 5.56 Å². The third-order valence-corrected chi connectivity index (χ3v) is 4.69. The van der Waals surface area contributed by atoms with E-state index in [0.717, 1.165) is 29.5 Å². The second-order valence-corrected chi connectivity index (χ2v) is 5.95. The number of nitriles is 1. The molecule has 0 aromatic carbocycles. The number of rotatable bonds is 1. The Morgan fingerprint density at radius 3 is 3.28 bits per heavy atom. The minimum absolute atomic E-state index is 0.0615. The summed E-state index contributed by atoms with van der Waals surface area (Å²) in [7, 11) is 0. The van der Waals surface area contributed by atoms with Gasteiger partial charge in [-0.25, -0.2) is 4.98 Å². The normalized spacial score (nSPS) is 18.6. The van der Waals surface area contributed by atoms with Crippen LogP contribution in [0.1, 0.15) is 23.8 Å². The zero-order valence-corrected chi connectivity index (χ0v) is 11.0. The first-order chi connectivity index (χ1) is 8.70. The van der Waals surface area contributed by atoms with E-state index in [1.54, 1.807) is 11.3 Å². The van der Waals surface area contributed by atoms with Crippen molar-refractivity contribution in [3.05, 3.63) is 27.1 Å². The second kappa shape index (κ2) is 4.21. The highest BCUT2D eigenvalue weighted by Gasteiger charge is 2.22. The van der Waals surface area contributed by atoms with Gasteiger partial charge in [-0.2, -0.15) is 5.26 Å². The van der Waals surface area contributed by atoms with Crippen LogP contribution in [0.2, 0.25) is 0 Å². The number of thiophene rings is 1. The van der Waals surface area contributed by atoms with Crippen LogP contribution in [0.25, 0.3) is 10.2 Å². The molecule has 0 N–H and O–H groups in total. The predicted molar refractivity (Wildman–Crippen MR) is 70.7 cm³/mol. The molecule has 0 saturated heterocycles. The lowest BCUT2D eigenvalue weighted by molar-refractivity contribution is 0.509. The average Bonchev–Trinajstić information content (AvgIpc) is 2.71. The number of nitrogens with zero attached hydrogens (tertiary/aromatic N) is 3. The summed E-state index contributed by atoms with van der Waals surface area (Å²) in [6, 6.07) is 2.00. The maximum absolute atomic E-state index is 12.3. The van der Waals surface area contributed by atoms with E-state index in [-0.39, 0.29) is 12.1 Å². The van der Waals surface area contributed by atoms with Gasteiger partial charge in [-0.15, -0.1) is 11.3 Å². The SMILES string of the molecule is C[C@H]1CCc2c(sc3ncn(CC#N)c(=O)c23)C1. The van der Waals surface area contributed by atoms with Crippen molar-refractivity contribution >= 4 is 21.6 Å². The van der Waals surface area contributed by atoms with Crippen LogP contribution >= 0.6 is 11.3 Å². The second-order valence-electron chi connectivity index (χ2n) is 4.87. The van der Waals surface area contributed by atoms with Crippen molar-refractivity contribution in [2.24, 2.45) is 5.92 Å². The van der Waals surface area contributed by atoms with E-state index in [2.05, 4.69) is 11.9 Å². The summed E-state index contributed by atoms with van der Waals surface area (Å²) >= 11 is 1.64. The van der Waals surface area contributed by atoms with Crippen LogP contribution in [-0.4, -0.2) is 9.55 Å². The number of aromatic nitrogens is 2. The molecule has 2 aromatic heterocycles. The zero-order valence-electron chi connectivity index (χ0n) is 10.1. The molecule has 0 fully saturated rings. The van der Waals surface area contributed by atoms with Crippen molar-refractivity contribution in [2.75, 3.05) is 0 Å². The molecular weight excluding hydrogens is 246 g/mol. The molecule has 2 aromatic rings. The summed E-state index contributed by atoms with van der Waals surface area (Å²) in [5.74, 6) is 0.687. The van der Waals surface area contributed by atoms with Crippen molar-refractivity contribution in [3.63, 3.8) is 0 Å². The van der Waals surface area contributed by atoms with Crippen molar-refractivity contribution in [2.45, 2.75) is 32.7 Å². The Kier molecular flexibility index (Phi) is 2.67. The molecular formula is C13H13N3OS. The first-order valence-electron chi connectivity index (χ1n) is 6.07. The molecule has 18 heavy (non-hydrogen) atoms. The highest BCUT2D eigenvalue weighted by Crippen LogP contribution is 2.35. The van der Waals surface area contributed by atoms with Crippen molar-refractivity contribution in [3.8, 4) is 6.07 Å². The Bertz CT molecular complexity index is 707. The molecule has 1 aliphatic rings. The van der Waals surface area contributed by atoms with Gasteiger partial charge in [-0.05, 0) is 30.7 Å². The van der Waals surface area contributed by atoms with Crippen LogP contribution in [0, 0.1) is 17.2 Å². The zero-order chi connectivity index (χ0) is 12.7. The molecule has 0 bridgehead atoms. The third kappa shape index (κ3) is 1.65. The summed E-state index contributed by atoms with van der Waals surface area (Å²) in [5, 5.41) is 9.45. The van der Waals surface area contributed by atoms with Crippen molar-refractivity contribution < 1.29 is 0 Å². The molecule has 0 aliphatic heterocycles. The van der Waals surface area contributed by atoms with E-state index in [9.17, 15) is 4.79 Å². The summed E-state index contributed by atoms with van der Waals surface area (Å²) in [4.78, 5) is 18.8. The van der Waals surface area contributed by atoms with Crippen LogP contribution in [0.3, 0.4) is 0 Å². The van der Waals surface area contributed by atoms with Gasteiger partial charge in [0, 0.05) is 4.88 Å². The van der Waals surface area contributed by atoms with Gasteiger partial charge in [0.05, 0.1) is 11.5 Å². The largest absolute Gasteiger partial charge is 0.285 e. The van der Waals surface area contributed by atoms with Gasteiger partial charge in [0.25, 0.3) is 5.56 Å². The first-order valence-corrected chi connectivity index (χ1v) is 6.89. The molecule has 1 aliphatic carbocycles. The molecule has 1 atom stereocenters. The van der Waals surface area contributed by atoms with E-state index in [1.165, 1.54) is 21.3 Å². The fraction of sp³-hybridized carbons (Fsp3) is 0.462. The maximum Gasteiger partial charge on any atom is 0.263 e. The van der Waals surface area contributed by atoms with E-state index in [4.69, 9.17) is 5.26 Å². The Hall–Kier alpha value is -1.67. The third-order valence-electron chi connectivity index (χ3n) is 3.52. The summed E-state index contributed by atoms with van der Waals surface area (Å²) in [5.41, 5.74) is 1.12. The molecule has 92 valence electrons. The number of hydrogen-bond donors (Lipinski definition) is 0. The standard InChI is InChI=1S/C13H13N3OS/c1-8-2-3-9-10(6-8)18-12-11(9)13(17)16(5-4-14)7-15-12/h7-8H,2-3,5-6H2,1H3/t8-/m0/s1. The van der Waals surface area contributed by atoms with Crippen molar-refractivity contribution in [1.82, 2.24) is 9.55 Å². The monoisotopic (exact) mass is 259 g/mol. The highest BCUT2D eigenvalue weighted by molar-refractivity contribution is 7.18. The van der Waals surface area contributed by atoms with Gasteiger partial charge in [-0.1, -0.05) is 6.92 Å². The van der Waals surface area contributed by atoms with E-state index in [0.29, 0.717) is 5.92 Å². The first kappa shape index (κ1) is 11.4.